The number of aryl methyl sites for hydroxylation is 1. The number of nitriles is 1. The number of hydrogen-bond donors (Lipinski definition) is 2. The van der Waals surface area contributed by atoms with E-state index >= 15 is 0 Å². The maximum absolute atomic E-state index is 10.2. The molecule has 2 N–H and O–H groups in total. The molecule has 2 aromatic carbocycles. The van der Waals surface area contributed by atoms with Crippen molar-refractivity contribution in [2.24, 2.45) is 0 Å². The van der Waals surface area contributed by atoms with Gasteiger partial charge in [0.1, 0.15) is 6.07 Å². The highest BCUT2D eigenvalue weighted by Gasteiger charge is 2.23. The highest BCUT2D eigenvalue weighted by molar-refractivity contribution is 5.73. The van der Waals surface area contributed by atoms with Crippen LogP contribution in [-0.2, 0) is 13.0 Å². The number of fused-ring (bicyclic) bond motifs is 1. The molecule has 2 heterocycles. The Bertz CT molecular complexity index is 1120. The number of rotatable bonds is 5. The molecule has 0 saturated heterocycles. The Balaban J connectivity index is 1.58. The lowest BCUT2D eigenvalue weighted by molar-refractivity contribution is 0.0318. The predicted molar refractivity (Wildman–Crippen MR) is 124 cm³/mol. The highest BCUT2D eigenvalue weighted by Crippen LogP contribution is 2.31. The number of nitrogens with one attached hydrogen (secondary N) is 1. The molecule has 0 saturated carbocycles. The minimum atomic E-state index is -0.689. The zero-order chi connectivity index (χ0) is 22.0. The average Bonchev–Trinajstić information content (AvgIpc) is 2.74. The summed E-state index contributed by atoms with van der Waals surface area (Å²) in [4.78, 5) is 6.77. The van der Waals surface area contributed by atoms with E-state index in [0.717, 1.165) is 47.7 Å². The first-order valence-electron chi connectivity index (χ1n) is 10.6. The first-order valence-corrected chi connectivity index (χ1v) is 10.6. The van der Waals surface area contributed by atoms with Gasteiger partial charge in [-0.1, -0.05) is 18.2 Å². The Labute approximate surface area is 184 Å². The second-order valence-corrected chi connectivity index (χ2v) is 8.91. The van der Waals surface area contributed by atoms with Gasteiger partial charge in [-0.3, -0.25) is 9.88 Å². The van der Waals surface area contributed by atoms with Crippen LogP contribution in [0.1, 0.15) is 36.1 Å². The summed E-state index contributed by atoms with van der Waals surface area (Å²) < 4.78 is 0. The van der Waals surface area contributed by atoms with Gasteiger partial charge in [0.2, 0.25) is 0 Å². The highest BCUT2D eigenvalue weighted by atomic mass is 16.3. The first-order chi connectivity index (χ1) is 14.8. The first kappa shape index (κ1) is 21.0. The third-order valence-electron chi connectivity index (χ3n) is 5.64. The van der Waals surface area contributed by atoms with Crippen molar-refractivity contribution in [3.8, 4) is 17.3 Å². The minimum Gasteiger partial charge on any atom is -0.389 e. The van der Waals surface area contributed by atoms with E-state index in [4.69, 9.17) is 5.26 Å². The molecule has 1 aromatic heterocycles. The van der Waals surface area contributed by atoms with Gasteiger partial charge in [-0.25, -0.2) is 0 Å². The Morgan fingerprint density at radius 2 is 2.03 bits per heavy atom. The summed E-state index contributed by atoms with van der Waals surface area (Å²) in [5, 5.41) is 22.8. The molecule has 31 heavy (non-hydrogen) atoms. The van der Waals surface area contributed by atoms with Crippen molar-refractivity contribution in [1.29, 1.82) is 5.26 Å². The largest absolute Gasteiger partial charge is 0.389 e. The van der Waals surface area contributed by atoms with Gasteiger partial charge in [-0.2, -0.15) is 5.26 Å². The third-order valence-corrected chi connectivity index (χ3v) is 5.64. The molecule has 0 spiro atoms. The van der Waals surface area contributed by atoms with E-state index < -0.39 is 5.60 Å². The summed E-state index contributed by atoms with van der Waals surface area (Å²) in [6.07, 6.45) is 2.56. The normalized spacial score (nSPS) is 14.0. The van der Waals surface area contributed by atoms with Crippen molar-refractivity contribution in [2.75, 3.05) is 18.4 Å². The number of benzene rings is 2. The van der Waals surface area contributed by atoms with Crippen LogP contribution in [0.5, 0.6) is 0 Å². The molecule has 4 rings (SSSR count). The molecular formula is C26H28N4O. The zero-order valence-electron chi connectivity index (χ0n) is 18.3. The molecular weight excluding hydrogens is 384 g/mol. The summed E-state index contributed by atoms with van der Waals surface area (Å²) in [6, 6.07) is 18.5. The van der Waals surface area contributed by atoms with E-state index in [0.29, 0.717) is 12.1 Å². The second kappa shape index (κ2) is 8.50. The Morgan fingerprint density at radius 3 is 2.74 bits per heavy atom. The van der Waals surface area contributed by atoms with Crippen LogP contribution in [0.15, 0.2) is 54.7 Å². The molecule has 0 amide bonds. The number of anilines is 2. The van der Waals surface area contributed by atoms with E-state index in [1.54, 1.807) is 12.3 Å². The van der Waals surface area contributed by atoms with Crippen molar-refractivity contribution >= 4 is 11.4 Å². The predicted octanol–water partition coefficient (Wildman–Crippen LogP) is 4.80. The Hall–Kier alpha value is -3.20. The Kier molecular flexibility index (Phi) is 5.77. The lowest BCUT2D eigenvalue weighted by Crippen LogP contribution is -2.41. The molecule has 1 aliphatic heterocycles. The van der Waals surface area contributed by atoms with Crippen molar-refractivity contribution in [3.63, 3.8) is 0 Å². The molecule has 5 nitrogen and oxygen atoms in total. The van der Waals surface area contributed by atoms with Gasteiger partial charge in [0.05, 0.1) is 16.9 Å². The topological polar surface area (TPSA) is 72.2 Å². The number of nitrogens with zero attached hydrogens (tertiary/aromatic N) is 3. The van der Waals surface area contributed by atoms with Crippen LogP contribution in [-0.4, -0.2) is 33.7 Å². The average molecular weight is 413 g/mol. The van der Waals surface area contributed by atoms with Crippen molar-refractivity contribution < 1.29 is 5.11 Å². The van der Waals surface area contributed by atoms with Crippen molar-refractivity contribution in [3.05, 3.63) is 77.0 Å². The molecule has 1 aliphatic rings. The summed E-state index contributed by atoms with van der Waals surface area (Å²) >= 11 is 0. The molecule has 0 aliphatic carbocycles. The van der Waals surface area contributed by atoms with Crippen LogP contribution in [0.4, 0.5) is 11.4 Å². The maximum atomic E-state index is 10.2. The summed E-state index contributed by atoms with van der Waals surface area (Å²) in [5.74, 6) is 0. The molecule has 0 radical (unpaired) electrons. The number of β-amino-alcohol motifs (C(OH)–C–C–N with tert-alkyl or cyclic N) is 1. The van der Waals surface area contributed by atoms with E-state index in [9.17, 15) is 5.11 Å². The van der Waals surface area contributed by atoms with Gasteiger partial charge in [0.15, 0.2) is 0 Å². The maximum Gasteiger partial charge on any atom is 0.101 e. The number of aromatic nitrogens is 1. The van der Waals surface area contributed by atoms with Crippen LogP contribution in [0.2, 0.25) is 0 Å². The van der Waals surface area contributed by atoms with E-state index in [1.165, 1.54) is 11.1 Å². The van der Waals surface area contributed by atoms with Crippen molar-refractivity contribution in [1.82, 2.24) is 9.88 Å². The van der Waals surface area contributed by atoms with E-state index in [2.05, 4.69) is 64.6 Å². The monoisotopic (exact) mass is 412 g/mol. The van der Waals surface area contributed by atoms with Gasteiger partial charge >= 0.3 is 0 Å². The quantitative estimate of drug-likeness (QED) is 0.630. The molecule has 5 heteroatoms. The summed E-state index contributed by atoms with van der Waals surface area (Å²) in [7, 11) is 0. The lowest BCUT2D eigenvalue weighted by atomic mass is 9.96. The molecule has 0 atom stereocenters. The molecule has 0 bridgehead atoms. The third kappa shape index (κ3) is 4.93. The van der Waals surface area contributed by atoms with Crippen LogP contribution in [0.3, 0.4) is 0 Å². The number of hydrogen-bond acceptors (Lipinski definition) is 5. The van der Waals surface area contributed by atoms with Crippen LogP contribution in [0, 0.1) is 18.3 Å². The molecule has 0 fully saturated rings. The van der Waals surface area contributed by atoms with Gasteiger partial charge < -0.3 is 10.4 Å². The van der Waals surface area contributed by atoms with Crippen LogP contribution < -0.4 is 5.32 Å². The smallest absolute Gasteiger partial charge is 0.101 e. The molecule has 3 aromatic rings. The van der Waals surface area contributed by atoms with Gasteiger partial charge in [0, 0.05) is 42.8 Å². The fourth-order valence-electron chi connectivity index (χ4n) is 4.22. The van der Waals surface area contributed by atoms with Gasteiger partial charge in [-0.05, 0) is 74.2 Å². The summed E-state index contributed by atoms with van der Waals surface area (Å²) in [6.45, 7) is 8.24. The molecule has 158 valence electrons. The fraction of sp³-hybridized carbons (Fsp3) is 0.308. The number of pyridine rings is 1. The Morgan fingerprint density at radius 1 is 1.19 bits per heavy atom. The molecule has 0 unspecified atom stereocenters. The second-order valence-electron chi connectivity index (χ2n) is 8.91. The van der Waals surface area contributed by atoms with E-state index in [-0.39, 0.29) is 0 Å². The fourth-order valence-corrected chi connectivity index (χ4v) is 4.22. The van der Waals surface area contributed by atoms with Crippen LogP contribution >= 0.6 is 0 Å². The standard InChI is InChI=1S/C26H28N4O/c1-18-7-9-21(13-23(18)24-10-8-19(14-27)15-28-24)29-25-6-4-5-20-16-30(12-11-22(20)25)17-26(2,3)31/h4-10,13,15,29,31H,11-12,16-17H2,1-3H3. The number of aliphatic hydroxyl groups is 1. The SMILES string of the molecule is Cc1ccc(Nc2cccc3c2CCN(CC(C)(C)O)C3)cc1-c1ccc(C#N)cn1. The lowest BCUT2D eigenvalue weighted by Gasteiger charge is -2.34. The van der Waals surface area contributed by atoms with Gasteiger partial charge in [0.25, 0.3) is 0 Å². The van der Waals surface area contributed by atoms with Crippen molar-refractivity contribution in [2.45, 2.75) is 39.3 Å². The summed E-state index contributed by atoms with van der Waals surface area (Å²) in [5.41, 5.74) is 7.71. The zero-order valence-corrected chi connectivity index (χ0v) is 18.3. The minimum absolute atomic E-state index is 0.560. The van der Waals surface area contributed by atoms with Gasteiger partial charge in [-0.15, -0.1) is 0 Å². The van der Waals surface area contributed by atoms with E-state index in [1.807, 2.05) is 19.9 Å². The van der Waals surface area contributed by atoms with Crippen LogP contribution in [0.25, 0.3) is 11.3 Å².